The molecule has 1 amide bonds. The van der Waals surface area contributed by atoms with Crippen LogP contribution in [0.15, 0.2) is 24.3 Å². The van der Waals surface area contributed by atoms with Gasteiger partial charge in [0, 0.05) is 31.8 Å². The Labute approximate surface area is 152 Å². The number of carbonyl (C=O) groups excluding carboxylic acids is 1. The lowest BCUT2D eigenvalue weighted by Gasteiger charge is -2.34. The molecule has 26 heavy (non-hydrogen) atoms. The van der Waals surface area contributed by atoms with Gasteiger partial charge in [0.1, 0.15) is 0 Å². The zero-order valence-corrected chi connectivity index (χ0v) is 15.6. The fourth-order valence-electron chi connectivity index (χ4n) is 2.79. The van der Waals surface area contributed by atoms with Crippen LogP contribution in [0.4, 0.5) is 5.69 Å². The maximum atomic E-state index is 12.4. The van der Waals surface area contributed by atoms with E-state index in [9.17, 15) is 23.3 Å². The van der Waals surface area contributed by atoms with Crippen LogP contribution in [0.1, 0.15) is 19.4 Å². The molecule has 0 aliphatic carbocycles. The number of sulfonamides is 1. The molecular formula is C16H23N3O6S. The Morgan fingerprint density at radius 1 is 1.27 bits per heavy atom. The van der Waals surface area contributed by atoms with E-state index < -0.39 is 14.9 Å². The van der Waals surface area contributed by atoms with Crippen LogP contribution in [0.25, 0.3) is 0 Å². The summed E-state index contributed by atoms with van der Waals surface area (Å²) in [4.78, 5) is 22.0. The molecule has 0 spiro atoms. The third kappa shape index (κ3) is 5.75. The molecule has 0 radical (unpaired) electrons. The number of non-ortho nitro benzene ring substituents is 1. The van der Waals surface area contributed by atoms with Crippen LogP contribution >= 0.6 is 0 Å². The minimum atomic E-state index is -3.47. The Kier molecular flexibility index (Phi) is 6.68. The number of hydrogen-bond donors (Lipinski definition) is 1. The van der Waals surface area contributed by atoms with Crippen LogP contribution < -0.4 is 5.32 Å². The molecule has 1 heterocycles. The lowest BCUT2D eigenvalue weighted by atomic mass is 10.1. The van der Waals surface area contributed by atoms with E-state index in [1.54, 1.807) is 0 Å². The van der Waals surface area contributed by atoms with Crippen molar-refractivity contribution in [3.05, 3.63) is 39.9 Å². The molecule has 1 aromatic rings. The Morgan fingerprint density at radius 2 is 1.85 bits per heavy atom. The van der Waals surface area contributed by atoms with Crippen LogP contribution in [0, 0.1) is 10.1 Å². The fourth-order valence-corrected chi connectivity index (χ4v) is 4.28. The first-order chi connectivity index (χ1) is 12.2. The molecule has 2 unspecified atom stereocenters. The molecule has 1 aromatic carbocycles. The quantitative estimate of drug-likeness (QED) is 0.545. The minimum absolute atomic E-state index is 0.00820. The number of nitro benzene ring substituents is 1. The highest BCUT2D eigenvalue weighted by Gasteiger charge is 2.30. The number of morpholine rings is 1. The molecule has 0 aromatic heterocycles. The normalized spacial score (nSPS) is 21.3. The zero-order chi connectivity index (χ0) is 19.3. The van der Waals surface area contributed by atoms with Crippen molar-refractivity contribution in [3.63, 3.8) is 0 Å². The number of rotatable bonds is 7. The summed E-state index contributed by atoms with van der Waals surface area (Å²) in [6.07, 6.45) is -0.292. The monoisotopic (exact) mass is 385 g/mol. The highest BCUT2D eigenvalue weighted by Crippen LogP contribution is 2.15. The Balaban J connectivity index is 1.81. The first kappa shape index (κ1) is 20.3. The van der Waals surface area contributed by atoms with E-state index in [1.165, 1.54) is 28.6 Å². The summed E-state index contributed by atoms with van der Waals surface area (Å²) in [6.45, 7) is 4.27. The maximum Gasteiger partial charge on any atom is 0.269 e. The van der Waals surface area contributed by atoms with E-state index in [-0.39, 0.29) is 42.5 Å². The molecule has 0 saturated carbocycles. The summed E-state index contributed by atoms with van der Waals surface area (Å²) in [7, 11) is -3.47. The van der Waals surface area contributed by atoms with Gasteiger partial charge in [-0.15, -0.1) is 0 Å². The summed E-state index contributed by atoms with van der Waals surface area (Å²) >= 11 is 0. The zero-order valence-electron chi connectivity index (χ0n) is 14.8. The summed E-state index contributed by atoms with van der Waals surface area (Å²) < 4.78 is 31.7. The number of nitrogens with one attached hydrogen (secondary N) is 1. The third-order valence-electron chi connectivity index (χ3n) is 3.97. The molecule has 2 atom stereocenters. The van der Waals surface area contributed by atoms with Gasteiger partial charge in [0.15, 0.2) is 0 Å². The van der Waals surface area contributed by atoms with Crippen molar-refractivity contribution in [3.8, 4) is 0 Å². The highest BCUT2D eigenvalue weighted by molar-refractivity contribution is 7.89. The van der Waals surface area contributed by atoms with Gasteiger partial charge in [0.25, 0.3) is 5.69 Å². The molecular weight excluding hydrogens is 362 g/mol. The number of carbonyl (C=O) groups is 1. The molecule has 0 bridgehead atoms. The SMILES string of the molecule is CC1CN(S(=O)(=O)CCNC(=O)Cc2ccc([N+](=O)[O-])cc2)CC(C)O1. The van der Waals surface area contributed by atoms with Crippen molar-refractivity contribution in [1.82, 2.24) is 9.62 Å². The fraction of sp³-hybridized carbons (Fsp3) is 0.562. The number of amides is 1. The van der Waals surface area contributed by atoms with Gasteiger partial charge in [0.2, 0.25) is 15.9 Å². The molecule has 1 N–H and O–H groups in total. The summed E-state index contributed by atoms with van der Waals surface area (Å²) in [5, 5.41) is 13.2. The molecule has 9 nitrogen and oxygen atoms in total. The number of benzene rings is 1. The van der Waals surface area contributed by atoms with Gasteiger partial charge in [-0.2, -0.15) is 4.31 Å². The van der Waals surface area contributed by atoms with Crippen LogP contribution in [-0.2, 0) is 26.0 Å². The number of nitrogens with zero attached hydrogens (tertiary/aromatic N) is 2. The molecule has 1 aliphatic rings. The molecule has 144 valence electrons. The van der Waals surface area contributed by atoms with Gasteiger partial charge in [0.05, 0.1) is 29.3 Å². The van der Waals surface area contributed by atoms with Crippen LogP contribution in [-0.4, -0.2) is 61.1 Å². The van der Waals surface area contributed by atoms with Crippen molar-refractivity contribution in [2.24, 2.45) is 0 Å². The third-order valence-corrected chi connectivity index (χ3v) is 5.78. The first-order valence-corrected chi connectivity index (χ1v) is 9.91. The van der Waals surface area contributed by atoms with Crippen molar-refractivity contribution < 1.29 is 22.9 Å². The highest BCUT2D eigenvalue weighted by atomic mass is 32.2. The molecule has 10 heteroatoms. The van der Waals surface area contributed by atoms with Gasteiger partial charge in [-0.05, 0) is 19.4 Å². The van der Waals surface area contributed by atoms with Gasteiger partial charge < -0.3 is 10.1 Å². The maximum absolute atomic E-state index is 12.4. The van der Waals surface area contributed by atoms with Crippen LogP contribution in [0.5, 0.6) is 0 Å². The molecule has 1 aliphatic heterocycles. The Hall–Kier alpha value is -2.04. The second-order valence-electron chi connectivity index (χ2n) is 6.34. The predicted octanol–water partition coefficient (Wildman–Crippen LogP) is 0.693. The lowest BCUT2D eigenvalue weighted by molar-refractivity contribution is -0.384. The van der Waals surface area contributed by atoms with Crippen molar-refractivity contribution in [1.29, 1.82) is 0 Å². The van der Waals surface area contributed by atoms with Crippen LogP contribution in [0.3, 0.4) is 0 Å². The number of ether oxygens (including phenoxy) is 1. The molecule has 1 saturated heterocycles. The minimum Gasteiger partial charge on any atom is -0.373 e. The van der Waals surface area contributed by atoms with Crippen molar-refractivity contribution >= 4 is 21.6 Å². The largest absolute Gasteiger partial charge is 0.373 e. The molecule has 2 rings (SSSR count). The predicted molar refractivity (Wildman–Crippen MR) is 95.2 cm³/mol. The average molecular weight is 385 g/mol. The van der Waals surface area contributed by atoms with E-state index >= 15 is 0 Å². The molecule has 1 fully saturated rings. The number of hydrogen-bond acceptors (Lipinski definition) is 6. The smallest absolute Gasteiger partial charge is 0.269 e. The van der Waals surface area contributed by atoms with Gasteiger partial charge in [-0.25, -0.2) is 8.42 Å². The summed E-state index contributed by atoms with van der Waals surface area (Å²) in [6, 6.07) is 5.66. The summed E-state index contributed by atoms with van der Waals surface area (Å²) in [5.74, 6) is -0.518. The van der Waals surface area contributed by atoms with Gasteiger partial charge in [-0.3, -0.25) is 14.9 Å². The van der Waals surface area contributed by atoms with Gasteiger partial charge >= 0.3 is 0 Å². The van der Waals surface area contributed by atoms with E-state index in [2.05, 4.69) is 5.32 Å². The van der Waals surface area contributed by atoms with E-state index in [4.69, 9.17) is 4.74 Å². The first-order valence-electron chi connectivity index (χ1n) is 8.30. The Morgan fingerprint density at radius 3 is 2.38 bits per heavy atom. The van der Waals surface area contributed by atoms with Gasteiger partial charge in [-0.1, -0.05) is 12.1 Å². The number of nitro groups is 1. The van der Waals surface area contributed by atoms with E-state index in [1.807, 2.05) is 13.8 Å². The van der Waals surface area contributed by atoms with Crippen LogP contribution in [0.2, 0.25) is 0 Å². The average Bonchev–Trinajstić information content (AvgIpc) is 2.54. The standard InChI is InChI=1S/C16H23N3O6S/c1-12-10-18(11-13(2)25-12)26(23,24)8-7-17-16(20)9-14-3-5-15(6-4-14)19(21)22/h3-6,12-13H,7-11H2,1-2H3,(H,17,20). The van der Waals surface area contributed by atoms with E-state index in [0.717, 1.165) is 0 Å². The van der Waals surface area contributed by atoms with Crippen molar-refractivity contribution in [2.75, 3.05) is 25.4 Å². The van der Waals surface area contributed by atoms with Crippen molar-refractivity contribution in [2.45, 2.75) is 32.5 Å². The lowest BCUT2D eigenvalue weighted by Crippen LogP contribution is -2.49. The van der Waals surface area contributed by atoms with E-state index in [0.29, 0.717) is 18.7 Å². The topological polar surface area (TPSA) is 119 Å². The second kappa shape index (κ2) is 8.56. The Bertz CT molecular complexity index is 740. The summed E-state index contributed by atoms with van der Waals surface area (Å²) in [5.41, 5.74) is 0.570. The second-order valence-corrected chi connectivity index (χ2v) is 8.43.